The summed E-state index contributed by atoms with van der Waals surface area (Å²) in [6, 6.07) is 10.1. The zero-order chi connectivity index (χ0) is 22.7. The van der Waals surface area contributed by atoms with Gasteiger partial charge in [-0.3, -0.25) is 9.78 Å². The van der Waals surface area contributed by atoms with Crippen LogP contribution in [0.15, 0.2) is 61.3 Å². The molecule has 0 saturated carbocycles. The summed E-state index contributed by atoms with van der Waals surface area (Å²) in [5.41, 5.74) is 2.77. The number of aromatic nitrogens is 4. The number of ether oxygens (including phenoxy) is 1. The van der Waals surface area contributed by atoms with Crippen molar-refractivity contribution in [2.24, 2.45) is 0 Å². The highest BCUT2D eigenvalue weighted by Gasteiger charge is 2.28. The van der Waals surface area contributed by atoms with Crippen molar-refractivity contribution in [3.63, 3.8) is 0 Å². The Balaban J connectivity index is 1.44. The Hall–Kier alpha value is -3.82. The standard InChI is InChI=1S/C22H20F3N5O2/c1-14(18-6-5-16(10-27-18)32-12-22(23,24)25)28-21(31)20-9-17-15(3-2-4-19(17)29-20)11-30-8-7-26-13-30/h2-10,13-14,29H,11-12H2,1H3,(H,28,31)/t14-/m1/s1. The molecule has 4 aromatic rings. The van der Waals surface area contributed by atoms with Crippen molar-refractivity contribution in [2.75, 3.05) is 6.61 Å². The molecule has 3 aromatic heterocycles. The Morgan fingerprint density at radius 3 is 2.81 bits per heavy atom. The van der Waals surface area contributed by atoms with Crippen LogP contribution in [0.4, 0.5) is 13.2 Å². The molecular weight excluding hydrogens is 423 g/mol. The lowest BCUT2D eigenvalue weighted by Gasteiger charge is -2.14. The van der Waals surface area contributed by atoms with Gasteiger partial charge in [0.15, 0.2) is 6.61 Å². The first-order chi connectivity index (χ1) is 15.3. The smallest absolute Gasteiger partial charge is 0.422 e. The first-order valence-electron chi connectivity index (χ1n) is 9.81. The Kier molecular flexibility index (Phi) is 5.85. The number of fused-ring (bicyclic) bond motifs is 1. The highest BCUT2D eigenvalue weighted by atomic mass is 19.4. The van der Waals surface area contributed by atoms with Crippen molar-refractivity contribution in [1.82, 2.24) is 24.8 Å². The highest BCUT2D eigenvalue weighted by Crippen LogP contribution is 2.22. The Morgan fingerprint density at radius 1 is 1.28 bits per heavy atom. The average molecular weight is 443 g/mol. The predicted octanol–water partition coefficient (Wildman–Crippen LogP) is 4.24. The maximum Gasteiger partial charge on any atom is 0.422 e. The molecule has 10 heteroatoms. The lowest BCUT2D eigenvalue weighted by atomic mass is 10.1. The molecule has 32 heavy (non-hydrogen) atoms. The van der Waals surface area contributed by atoms with Crippen molar-refractivity contribution in [3.8, 4) is 5.75 Å². The van der Waals surface area contributed by atoms with E-state index >= 15 is 0 Å². The third-order valence-corrected chi connectivity index (χ3v) is 4.86. The molecule has 0 aliphatic heterocycles. The van der Waals surface area contributed by atoms with E-state index in [-0.39, 0.29) is 11.7 Å². The average Bonchev–Trinajstić information content (AvgIpc) is 3.42. The number of carbonyl (C=O) groups excluding carboxylic acids is 1. The minimum absolute atomic E-state index is 0.00522. The van der Waals surface area contributed by atoms with Gasteiger partial charge in [0.1, 0.15) is 11.4 Å². The van der Waals surface area contributed by atoms with E-state index in [2.05, 4.69) is 25.0 Å². The number of halogens is 3. The SMILES string of the molecule is C[C@@H](NC(=O)c1cc2c(Cn3ccnc3)cccc2[nH]1)c1ccc(OCC(F)(F)F)cn1. The molecule has 0 aliphatic carbocycles. The maximum absolute atomic E-state index is 12.8. The van der Waals surface area contributed by atoms with Crippen LogP contribution in [-0.4, -0.2) is 38.2 Å². The molecule has 3 heterocycles. The number of benzene rings is 1. The Labute approximate surface area is 181 Å². The second kappa shape index (κ2) is 8.74. The largest absolute Gasteiger partial charge is 0.483 e. The number of imidazole rings is 1. The monoisotopic (exact) mass is 443 g/mol. The third kappa shape index (κ3) is 5.08. The zero-order valence-corrected chi connectivity index (χ0v) is 17.1. The predicted molar refractivity (Wildman–Crippen MR) is 111 cm³/mol. The number of nitrogens with one attached hydrogen (secondary N) is 2. The van der Waals surface area contributed by atoms with Gasteiger partial charge in [0.05, 0.1) is 24.3 Å². The number of rotatable bonds is 7. The van der Waals surface area contributed by atoms with E-state index in [1.807, 2.05) is 29.0 Å². The van der Waals surface area contributed by atoms with Gasteiger partial charge in [-0.05, 0) is 36.8 Å². The van der Waals surface area contributed by atoms with Crippen LogP contribution in [0.5, 0.6) is 5.75 Å². The van der Waals surface area contributed by atoms with Crippen LogP contribution >= 0.6 is 0 Å². The summed E-state index contributed by atoms with van der Waals surface area (Å²) in [5.74, 6) is -0.313. The minimum atomic E-state index is -4.42. The van der Waals surface area contributed by atoms with Gasteiger partial charge in [-0.1, -0.05) is 12.1 Å². The molecule has 1 amide bonds. The molecule has 0 unspecified atom stereocenters. The summed E-state index contributed by atoms with van der Waals surface area (Å²) in [5, 5.41) is 3.78. The molecule has 7 nitrogen and oxygen atoms in total. The topological polar surface area (TPSA) is 84.8 Å². The number of amides is 1. The molecule has 0 saturated heterocycles. The van der Waals surface area contributed by atoms with E-state index in [1.54, 1.807) is 25.5 Å². The molecule has 0 fully saturated rings. The van der Waals surface area contributed by atoms with Crippen molar-refractivity contribution in [3.05, 3.63) is 78.3 Å². The summed E-state index contributed by atoms with van der Waals surface area (Å²) in [7, 11) is 0. The lowest BCUT2D eigenvalue weighted by Crippen LogP contribution is -2.27. The van der Waals surface area contributed by atoms with Crippen LogP contribution in [0.3, 0.4) is 0 Å². The van der Waals surface area contributed by atoms with Crippen LogP contribution < -0.4 is 10.1 Å². The van der Waals surface area contributed by atoms with E-state index < -0.39 is 18.8 Å². The Bertz CT molecular complexity index is 1200. The van der Waals surface area contributed by atoms with Gasteiger partial charge in [-0.25, -0.2) is 4.98 Å². The fourth-order valence-electron chi connectivity index (χ4n) is 3.30. The molecular formula is C22H20F3N5O2. The van der Waals surface area contributed by atoms with Crippen molar-refractivity contribution in [2.45, 2.75) is 25.7 Å². The molecule has 0 radical (unpaired) electrons. The molecule has 0 aliphatic rings. The summed E-state index contributed by atoms with van der Waals surface area (Å²) in [6.45, 7) is 0.979. The van der Waals surface area contributed by atoms with E-state index in [0.717, 1.165) is 16.5 Å². The maximum atomic E-state index is 12.8. The Morgan fingerprint density at radius 2 is 2.12 bits per heavy atom. The number of alkyl halides is 3. The van der Waals surface area contributed by atoms with Crippen LogP contribution in [0.25, 0.3) is 10.9 Å². The second-order valence-corrected chi connectivity index (χ2v) is 7.31. The van der Waals surface area contributed by atoms with Gasteiger partial charge in [-0.15, -0.1) is 0 Å². The van der Waals surface area contributed by atoms with Crippen LogP contribution in [0.1, 0.15) is 34.7 Å². The van der Waals surface area contributed by atoms with E-state index in [1.165, 1.54) is 18.3 Å². The van der Waals surface area contributed by atoms with Gasteiger partial charge in [-0.2, -0.15) is 13.2 Å². The van der Waals surface area contributed by atoms with Gasteiger partial charge in [0, 0.05) is 29.8 Å². The number of H-pyrrole nitrogens is 1. The molecule has 4 rings (SSSR count). The first-order valence-corrected chi connectivity index (χ1v) is 9.81. The zero-order valence-electron chi connectivity index (χ0n) is 17.1. The van der Waals surface area contributed by atoms with Gasteiger partial charge in [0.25, 0.3) is 5.91 Å². The van der Waals surface area contributed by atoms with Gasteiger partial charge >= 0.3 is 6.18 Å². The molecule has 0 spiro atoms. The highest BCUT2D eigenvalue weighted by molar-refractivity contribution is 5.99. The van der Waals surface area contributed by atoms with Crippen molar-refractivity contribution >= 4 is 16.8 Å². The van der Waals surface area contributed by atoms with Crippen molar-refractivity contribution in [1.29, 1.82) is 0 Å². The number of pyridine rings is 1. The lowest BCUT2D eigenvalue weighted by molar-refractivity contribution is -0.153. The summed E-state index contributed by atoms with van der Waals surface area (Å²) in [4.78, 5) is 24.0. The molecule has 2 N–H and O–H groups in total. The fourth-order valence-corrected chi connectivity index (χ4v) is 3.30. The minimum Gasteiger partial charge on any atom is -0.483 e. The first kappa shape index (κ1) is 21.4. The van der Waals surface area contributed by atoms with E-state index in [4.69, 9.17) is 0 Å². The van der Waals surface area contributed by atoms with E-state index in [0.29, 0.717) is 17.9 Å². The second-order valence-electron chi connectivity index (χ2n) is 7.31. The third-order valence-electron chi connectivity index (χ3n) is 4.86. The number of hydrogen-bond donors (Lipinski definition) is 2. The number of nitrogens with zero attached hydrogens (tertiary/aromatic N) is 3. The summed E-state index contributed by atoms with van der Waals surface area (Å²) < 4.78 is 43.3. The number of aromatic amines is 1. The molecule has 166 valence electrons. The van der Waals surface area contributed by atoms with Crippen molar-refractivity contribution < 1.29 is 22.7 Å². The van der Waals surface area contributed by atoms with Gasteiger partial charge < -0.3 is 19.6 Å². The van der Waals surface area contributed by atoms with Gasteiger partial charge in [0.2, 0.25) is 0 Å². The normalized spacial score (nSPS) is 12.6. The summed E-state index contributed by atoms with van der Waals surface area (Å²) >= 11 is 0. The number of carbonyl (C=O) groups is 1. The van der Waals surface area contributed by atoms with Crippen LogP contribution in [0.2, 0.25) is 0 Å². The van der Waals surface area contributed by atoms with E-state index in [9.17, 15) is 18.0 Å². The molecule has 1 atom stereocenters. The number of hydrogen-bond acceptors (Lipinski definition) is 4. The van der Waals surface area contributed by atoms with Crippen LogP contribution in [-0.2, 0) is 6.54 Å². The quantitative estimate of drug-likeness (QED) is 0.448. The van der Waals surface area contributed by atoms with Crippen LogP contribution in [0, 0.1) is 0 Å². The summed E-state index contributed by atoms with van der Waals surface area (Å²) in [6.07, 6.45) is 2.09. The fraction of sp³-hybridized carbons (Fsp3) is 0.227. The molecule has 0 bridgehead atoms. The molecule has 1 aromatic carbocycles.